The van der Waals surface area contributed by atoms with Crippen LogP contribution < -0.4 is 20.5 Å². The van der Waals surface area contributed by atoms with Gasteiger partial charge in [0.05, 0.1) is 25.3 Å². The zero-order valence-electron chi connectivity index (χ0n) is 11.0. The Bertz CT molecular complexity index is 412. The maximum absolute atomic E-state index is 11.2. The third kappa shape index (κ3) is 3.07. The zero-order valence-corrected chi connectivity index (χ0v) is 11.0. The van der Waals surface area contributed by atoms with E-state index in [4.69, 9.17) is 15.2 Å². The summed E-state index contributed by atoms with van der Waals surface area (Å²) >= 11 is 0. The Morgan fingerprint density at radius 2 is 1.83 bits per heavy atom. The lowest BCUT2D eigenvalue weighted by molar-refractivity contribution is -0.123. The van der Waals surface area contributed by atoms with Crippen molar-refractivity contribution in [2.24, 2.45) is 5.73 Å². The standard InChI is InChI=1S/C11H18N4O3/c1-11(2,10(12)16)15-5-7-8(17-3)13-6-14-9(7)18-4/h6,15H,5H2,1-4H3,(H2,12,16). The molecule has 1 rings (SSSR count). The molecule has 0 spiro atoms. The van der Waals surface area contributed by atoms with E-state index in [1.807, 2.05) is 0 Å². The van der Waals surface area contributed by atoms with Gasteiger partial charge in [0.25, 0.3) is 0 Å². The number of amides is 1. The van der Waals surface area contributed by atoms with Gasteiger partial charge in [-0.25, -0.2) is 9.97 Å². The largest absolute Gasteiger partial charge is 0.481 e. The molecule has 1 heterocycles. The molecule has 1 aromatic rings. The van der Waals surface area contributed by atoms with Crippen molar-refractivity contribution >= 4 is 5.91 Å². The Morgan fingerprint density at radius 3 is 2.22 bits per heavy atom. The Labute approximate surface area is 106 Å². The highest BCUT2D eigenvalue weighted by Crippen LogP contribution is 2.23. The van der Waals surface area contributed by atoms with Crippen molar-refractivity contribution in [3.8, 4) is 11.8 Å². The first-order valence-corrected chi connectivity index (χ1v) is 5.39. The highest BCUT2D eigenvalue weighted by Gasteiger charge is 2.25. The number of primary amides is 1. The molecule has 0 aliphatic heterocycles. The molecule has 0 radical (unpaired) electrons. The van der Waals surface area contributed by atoms with Gasteiger partial charge in [-0.05, 0) is 13.8 Å². The molecular formula is C11H18N4O3. The highest BCUT2D eigenvalue weighted by atomic mass is 16.5. The van der Waals surface area contributed by atoms with Crippen molar-refractivity contribution in [3.63, 3.8) is 0 Å². The van der Waals surface area contributed by atoms with E-state index >= 15 is 0 Å². The van der Waals surface area contributed by atoms with Crippen molar-refractivity contribution in [3.05, 3.63) is 11.9 Å². The van der Waals surface area contributed by atoms with Crippen molar-refractivity contribution in [1.82, 2.24) is 15.3 Å². The molecule has 0 aliphatic rings. The monoisotopic (exact) mass is 254 g/mol. The molecular weight excluding hydrogens is 236 g/mol. The molecule has 0 aliphatic carbocycles. The zero-order chi connectivity index (χ0) is 13.8. The first kappa shape index (κ1) is 14.2. The summed E-state index contributed by atoms with van der Waals surface area (Å²) in [6.45, 7) is 3.69. The van der Waals surface area contributed by atoms with Gasteiger partial charge in [-0.2, -0.15) is 0 Å². The van der Waals surface area contributed by atoms with Gasteiger partial charge in [0.1, 0.15) is 6.33 Å². The number of rotatable bonds is 6. The molecule has 7 nitrogen and oxygen atoms in total. The van der Waals surface area contributed by atoms with E-state index in [0.717, 1.165) is 0 Å². The average molecular weight is 254 g/mol. The maximum Gasteiger partial charge on any atom is 0.237 e. The number of hydrogen-bond acceptors (Lipinski definition) is 6. The predicted molar refractivity (Wildman–Crippen MR) is 65.2 cm³/mol. The van der Waals surface area contributed by atoms with Crippen LogP contribution in [-0.2, 0) is 11.3 Å². The molecule has 0 fully saturated rings. The Hall–Kier alpha value is -1.89. The number of carbonyl (C=O) groups is 1. The molecule has 0 saturated heterocycles. The van der Waals surface area contributed by atoms with Gasteiger partial charge in [-0.15, -0.1) is 0 Å². The lowest BCUT2D eigenvalue weighted by Gasteiger charge is -2.23. The number of methoxy groups -OCH3 is 2. The topological polar surface area (TPSA) is 99.4 Å². The first-order chi connectivity index (χ1) is 8.42. The van der Waals surface area contributed by atoms with E-state index in [-0.39, 0.29) is 0 Å². The number of nitrogens with zero attached hydrogens (tertiary/aromatic N) is 2. The van der Waals surface area contributed by atoms with Gasteiger partial charge in [-0.3, -0.25) is 10.1 Å². The molecule has 3 N–H and O–H groups in total. The van der Waals surface area contributed by atoms with E-state index in [9.17, 15) is 4.79 Å². The predicted octanol–water partition coefficient (Wildman–Crippen LogP) is -0.153. The van der Waals surface area contributed by atoms with E-state index in [2.05, 4.69) is 15.3 Å². The fourth-order valence-corrected chi connectivity index (χ4v) is 1.28. The Balaban J connectivity index is 2.93. The molecule has 100 valence electrons. The van der Waals surface area contributed by atoms with Gasteiger partial charge in [0.2, 0.25) is 17.7 Å². The number of carbonyl (C=O) groups excluding carboxylic acids is 1. The van der Waals surface area contributed by atoms with Crippen LogP contribution in [0.3, 0.4) is 0 Å². The van der Waals surface area contributed by atoms with E-state index in [1.54, 1.807) is 13.8 Å². The molecule has 0 aromatic carbocycles. The molecule has 7 heteroatoms. The normalized spacial score (nSPS) is 11.1. The van der Waals surface area contributed by atoms with Crippen LogP contribution in [0.2, 0.25) is 0 Å². The van der Waals surface area contributed by atoms with Crippen LogP contribution in [0.25, 0.3) is 0 Å². The summed E-state index contributed by atoms with van der Waals surface area (Å²) in [5.41, 5.74) is 5.07. The van der Waals surface area contributed by atoms with Crippen LogP contribution in [0.4, 0.5) is 0 Å². The summed E-state index contributed by atoms with van der Waals surface area (Å²) in [6, 6.07) is 0. The van der Waals surface area contributed by atoms with Crippen LogP contribution in [0.5, 0.6) is 11.8 Å². The number of ether oxygens (including phenoxy) is 2. The number of nitrogens with one attached hydrogen (secondary N) is 1. The molecule has 0 bridgehead atoms. The Kier molecular flexibility index (Phi) is 4.43. The SMILES string of the molecule is COc1ncnc(OC)c1CNC(C)(C)C(N)=O. The van der Waals surface area contributed by atoms with Crippen molar-refractivity contribution in [2.75, 3.05) is 14.2 Å². The van der Waals surface area contributed by atoms with Crippen LogP contribution >= 0.6 is 0 Å². The molecule has 1 amide bonds. The van der Waals surface area contributed by atoms with E-state index < -0.39 is 11.4 Å². The number of aromatic nitrogens is 2. The Morgan fingerprint density at radius 1 is 1.33 bits per heavy atom. The van der Waals surface area contributed by atoms with Gasteiger partial charge in [0, 0.05) is 6.54 Å². The molecule has 0 unspecified atom stereocenters. The molecule has 0 saturated carbocycles. The van der Waals surface area contributed by atoms with Crippen LogP contribution in [0.15, 0.2) is 6.33 Å². The smallest absolute Gasteiger partial charge is 0.237 e. The van der Waals surface area contributed by atoms with Gasteiger partial charge in [0.15, 0.2) is 0 Å². The summed E-state index contributed by atoms with van der Waals surface area (Å²) < 4.78 is 10.3. The van der Waals surface area contributed by atoms with Crippen molar-refractivity contribution < 1.29 is 14.3 Å². The third-order valence-electron chi connectivity index (χ3n) is 2.58. The lowest BCUT2D eigenvalue weighted by Crippen LogP contribution is -2.50. The van der Waals surface area contributed by atoms with Crippen molar-refractivity contribution in [1.29, 1.82) is 0 Å². The first-order valence-electron chi connectivity index (χ1n) is 5.39. The van der Waals surface area contributed by atoms with Crippen LogP contribution in [0, 0.1) is 0 Å². The summed E-state index contributed by atoms with van der Waals surface area (Å²) in [7, 11) is 3.01. The summed E-state index contributed by atoms with van der Waals surface area (Å²) in [6.07, 6.45) is 1.35. The fraction of sp³-hybridized carbons (Fsp3) is 0.545. The van der Waals surface area contributed by atoms with E-state index in [0.29, 0.717) is 23.9 Å². The maximum atomic E-state index is 11.2. The van der Waals surface area contributed by atoms with E-state index in [1.165, 1.54) is 20.5 Å². The minimum absolute atomic E-state index is 0.309. The second kappa shape index (κ2) is 5.63. The minimum atomic E-state index is -0.841. The summed E-state index contributed by atoms with van der Waals surface area (Å²) in [5, 5.41) is 3.01. The number of hydrogen-bond donors (Lipinski definition) is 2. The third-order valence-corrected chi connectivity index (χ3v) is 2.58. The lowest BCUT2D eigenvalue weighted by atomic mass is 10.0. The highest BCUT2D eigenvalue weighted by molar-refractivity contribution is 5.83. The quantitative estimate of drug-likeness (QED) is 0.732. The second-order valence-electron chi connectivity index (χ2n) is 4.21. The summed E-state index contributed by atoms with van der Waals surface area (Å²) in [5.74, 6) is 0.349. The van der Waals surface area contributed by atoms with Gasteiger partial charge >= 0.3 is 0 Å². The van der Waals surface area contributed by atoms with Gasteiger partial charge < -0.3 is 15.2 Å². The minimum Gasteiger partial charge on any atom is -0.481 e. The van der Waals surface area contributed by atoms with Crippen LogP contribution in [-0.4, -0.2) is 35.6 Å². The summed E-state index contributed by atoms with van der Waals surface area (Å²) in [4.78, 5) is 19.2. The number of nitrogens with two attached hydrogens (primary N) is 1. The van der Waals surface area contributed by atoms with Gasteiger partial charge in [-0.1, -0.05) is 0 Å². The second-order valence-corrected chi connectivity index (χ2v) is 4.21. The fourth-order valence-electron chi connectivity index (χ4n) is 1.28. The molecule has 1 aromatic heterocycles. The average Bonchev–Trinajstić information content (AvgIpc) is 2.35. The molecule has 18 heavy (non-hydrogen) atoms. The van der Waals surface area contributed by atoms with Crippen LogP contribution in [0.1, 0.15) is 19.4 Å². The molecule has 0 atom stereocenters. The van der Waals surface area contributed by atoms with Crippen molar-refractivity contribution in [2.45, 2.75) is 25.9 Å².